The molecule has 2 aromatic heterocycles. The zero-order valence-electron chi connectivity index (χ0n) is 30.3. The number of carbonyl (C=O) groups excluding carboxylic acids is 1. The lowest BCUT2D eigenvalue weighted by Gasteiger charge is -2.47. The monoisotopic (exact) mass is 693 g/mol. The molecule has 2 aliphatic heterocycles. The van der Waals surface area contributed by atoms with E-state index in [1.807, 2.05) is 18.2 Å². The van der Waals surface area contributed by atoms with E-state index in [1.54, 1.807) is 39.9 Å². The fraction of sp³-hybridized carbons (Fsp3) is 0.462. The predicted octanol–water partition coefficient (Wildman–Crippen LogP) is 6.60. The minimum Gasteiger partial charge on any atom is -0.457 e. The summed E-state index contributed by atoms with van der Waals surface area (Å²) < 4.78 is 23.2. The number of hydrogen-bond donors (Lipinski definition) is 1. The maximum Gasteiger partial charge on any atom is 0.264 e. The van der Waals surface area contributed by atoms with Gasteiger partial charge in [0.1, 0.15) is 46.8 Å². The molecule has 268 valence electrons. The van der Waals surface area contributed by atoms with E-state index in [-0.39, 0.29) is 40.0 Å². The summed E-state index contributed by atoms with van der Waals surface area (Å²) in [4.78, 5) is 29.1. The molecule has 0 aliphatic carbocycles. The molecule has 12 heteroatoms. The molecule has 4 heterocycles. The lowest BCUT2D eigenvalue weighted by atomic mass is 9.93. The summed E-state index contributed by atoms with van der Waals surface area (Å²) in [5.74, 6) is 0.308. The van der Waals surface area contributed by atoms with Crippen LogP contribution < -0.4 is 10.5 Å². The third-order valence-corrected chi connectivity index (χ3v) is 10.3. The van der Waals surface area contributed by atoms with Crippen LogP contribution >= 0.6 is 0 Å². The molecule has 0 bridgehead atoms. The number of aromatic nitrogens is 4. The maximum atomic E-state index is 15.7. The molecule has 51 heavy (non-hydrogen) atoms. The molecule has 0 saturated carbocycles. The number of piperidine rings is 1. The second-order valence-corrected chi connectivity index (χ2v) is 15.1. The van der Waals surface area contributed by atoms with Crippen molar-refractivity contribution >= 4 is 22.8 Å². The average Bonchev–Trinajstić information content (AvgIpc) is 3.51. The van der Waals surface area contributed by atoms with Gasteiger partial charge in [-0.15, -0.1) is 0 Å². The summed E-state index contributed by atoms with van der Waals surface area (Å²) in [5.41, 5.74) is 7.60. The largest absolute Gasteiger partial charge is 0.457 e. The summed E-state index contributed by atoms with van der Waals surface area (Å²) >= 11 is 0. The number of allylic oxidation sites excluding steroid dienone is 1. The molecule has 6 rings (SSSR count). The maximum absolute atomic E-state index is 15.7. The van der Waals surface area contributed by atoms with Gasteiger partial charge in [0, 0.05) is 62.0 Å². The highest BCUT2D eigenvalue weighted by atomic mass is 19.1. The Bertz CT molecular complexity index is 1940. The van der Waals surface area contributed by atoms with Crippen molar-refractivity contribution in [3.05, 3.63) is 72.3 Å². The van der Waals surface area contributed by atoms with E-state index in [9.17, 15) is 10.1 Å². The lowest BCUT2D eigenvalue weighted by molar-refractivity contribution is -0.128. The van der Waals surface area contributed by atoms with Crippen LogP contribution in [-0.4, -0.2) is 90.7 Å². The standard InChI is InChI=1S/C39H48FN9O2/c1-38(2,3)47-19-21-48(22-20-47)39(4,5)17-9-11-27(24-41)37(50)46-18-10-12-28(25-46)49-36-33(35(42)43-26-44-36)34(45-49)31-16-15-30(23-32(31)40)51-29-13-7-6-8-14-29/h6-8,11,13-16,23,26,28H,9-10,12,17-22,25H2,1-5H3,(H2,42,43,44)/b27-11+/t28-/m1/s1. The van der Waals surface area contributed by atoms with E-state index in [0.29, 0.717) is 54.2 Å². The number of piperazine rings is 1. The second kappa shape index (κ2) is 14.8. The molecule has 0 spiro atoms. The number of nitriles is 1. The molecule has 0 radical (unpaired) electrons. The van der Waals surface area contributed by atoms with Crippen molar-refractivity contribution in [3.63, 3.8) is 0 Å². The van der Waals surface area contributed by atoms with Gasteiger partial charge in [-0.2, -0.15) is 10.4 Å². The van der Waals surface area contributed by atoms with E-state index < -0.39 is 5.82 Å². The van der Waals surface area contributed by atoms with Crippen molar-refractivity contribution < 1.29 is 13.9 Å². The van der Waals surface area contributed by atoms with Crippen LogP contribution in [0.4, 0.5) is 10.2 Å². The topological polar surface area (TPSA) is 129 Å². The zero-order chi connectivity index (χ0) is 36.3. The van der Waals surface area contributed by atoms with Crippen LogP contribution in [0.2, 0.25) is 0 Å². The fourth-order valence-corrected chi connectivity index (χ4v) is 7.21. The first-order valence-electron chi connectivity index (χ1n) is 17.8. The SMILES string of the molecule is CC(C)(C)N1CCN(C(C)(C)CC/C=C(\C#N)C(=O)N2CCC[C@@H](n3nc(-c4ccc(Oc5ccccc5)cc4F)c4c(N)ncnc43)C2)CC1. The highest BCUT2D eigenvalue weighted by molar-refractivity contribution is 5.99. The van der Waals surface area contributed by atoms with Crippen LogP contribution in [0.15, 0.2) is 66.5 Å². The smallest absolute Gasteiger partial charge is 0.264 e. The third-order valence-electron chi connectivity index (χ3n) is 10.3. The summed E-state index contributed by atoms with van der Waals surface area (Å²) in [7, 11) is 0. The Balaban J connectivity index is 1.16. The van der Waals surface area contributed by atoms with Gasteiger partial charge in [-0.05, 0) is 84.6 Å². The number of nitrogens with zero attached hydrogens (tertiary/aromatic N) is 8. The minimum atomic E-state index is -0.530. The third kappa shape index (κ3) is 7.90. The van der Waals surface area contributed by atoms with Crippen molar-refractivity contribution in [2.24, 2.45) is 0 Å². The normalized spacial score (nSPS) is 18.2. The quantitative estimate of drug-likeness (QED) is 0.152. The number of likely N-dealkylation sites (tertiary alicyclic amines) is 1. The number of amides is 1. The number of rotatable bonds is 9. The van der Waals surface area contributed by atoms with Gasteiger partial charge in [-0.1, -0.05) is 24.3 Å². The van der Waals surface area contributed by atoms with Crippen molar-refractivity contribution in [1.82, 2.24) is 34.4 Å². The molecular weight excluding hydrogens is 645 g/mol. The first kappa shape index (κ1) is 35.9. The number of para-hydroxylation sites is 1. The molecule has 11 nitrogen and oxygen atoms in total. The van der Waals surface area contributed by atoms with Crippen molar-refractivity contribution in [1.29, 1.82) is 5.26 Å². The Labute approximate surface area is 299 Å². The first-order valence-corrected chi connectivity index (χ1v) is 17.8. The van der Waals surface area contributed by atoms with Crippen LogP contribution in [0.1, 0.15) is 66.3 Å². The Hall–Kier alpha value is -4.86. The molecule has 1 atom stereocenters. The first-order chi connectivity index (χ1) is 24.4. The number of benzene rings is 2. The molecule has 2 saturated heterocycles. The van der Waals surface area contributed by atoms with Crippen LogP contribution in [0.5, 0.6) is 11.5 Å². The number of carbonyl (C=O) groups is 1. The number of anilines is 1. The molecule has 1 amide bonds. The van der Waals surface area contributed by atoms with Crippen LogP contribution in [0, 0.1) is 17.1 Å². The summed E-state index contributed by atoms with van der Waals surface area (Å²) in [6.07, 6.45) is 6.05. The number of nitrogen functional groups attached to an aromatic ring is 1. The number of halogens is 1. The van der Waals surface area contributed by atoms with E-state index in [4.69, 9.17) is 15.6 Å². The summed E-state index contributed by atoms with van der Waals surface area (Å²) in [6, 6.07) is 15.7. The van der Waals surface area contributed by atoms with Crippen molar-refractivity contribution in [2.75, 3.05) is 45.0 Å². The Kier molecular flexibility index (Phi) is 10.4. The number of hydrogen-bond acceptors (Lipinski definition) is 9. The van der Waals surface area contributed by atoms with Crippen LogP contribution in [0.3, 0.4) is 0 Å². The van der Waals surface area contributed by atoms with Crippen LogP contribution in [-0.2, 0) is 4.79 Å². The van der Waals surface area contributed by atoms with Gasteiger partial charge in [0.2, 0.25) is 0 Å². The van der Waals surface area contributed by atoms with Crippen molar-refractivity contribution in [2.45, 2.75) is 77.4 Å². The molecule has 2 aliphatic rings. The highest BCUT2D eigenvalue weighted by Crippen LogP contribution is 2.36. The summed E-state index contributed by atoms with van der Waals surface area (Å²) in [5, 5.41) is 15.3. The van der Waals surface area contributed by atoms with Crippen LogP contribution in [0.25, 0.3) is 22.3 Å². The van der Waals surface area contributed by atoms with Gasteiger partial charge in [-0.3, -0.25) is 14.6 Å². The number of fused-ring (bicyclic) bond motifs is 1. The molecule has 0 unspecified atom stereocenters. The van der Waals surface area contributed by atoms with Gasteiger partial charge in [-0.25, -0.2) is 19.0 Å². The van der Waals surface area contributed by atoms with Gasteiger partial charge < -0.3 is 15.4 Å². The predicted molar refractivity (Wildman–Crippen MR) is 196 cm³/mol. The van der Waals surface area contributed by atoms with Gasteiger partial charge >= 0.3 is 0 Å². The number of nitrogens with two attached hydrogens (primary N) is 1. The summed E-state index contributed by atoms with van der Waals surface area (Å²) in [6.45, 7) is 16.2. The molecule has 2 aromatic carbocycles. The van der Waals surface area contributed by atoms with E-state index in [2.05, 4.69) is 60.5 Å². The van der Waals surface area contributed by atoms with E-state index in [0.717, 1.165) is 39.0 Å². The van der Waals surface area contributed by atoms with Gasteiger partial charge in [0.25, 0.3) is 5.91 Å². The average molecular weight is 694 g/mol. The highest BCUT2D eigenvalue weighted by Gasteiger charge is 2.34. The molecule has 2 fully saturated rings. The molecule has 2 N–H and O–H groups in total. The number of ether oxygens (including phenoxy) is 1. The van der Waals surface area contributed by atoms with Gasteiger partial charge in [0.15, 0.2) is 5.65 Å². The fourth-order valence-electron chi connectivity index (χ4n) is 7.21. The second-order valence-electron chi connectivity index (χ2n) is 15.1. The molecular formula is C39H48FN9O2. The zero-order valence-corrected chi connectivity index (χ0v) is 30.3. The van der Waals surface area contributed by atoms with Gasteiger partial charge in [0.05, 0.1) is 11.4 Å². The minimum absolute atomic E-state index is 0.0580. The van der Waals surface area contributed by atoms with Crippen molar-refractivity contribution in [3.8, 4) is 28.8 Å². The van der Waals surface area contributed by atoms with E-state index >= 15 is 4.39 Å². The Morgan fingerprint density at radius 1 is 1.02 bits per heavy atom. The Morgan fingerprint density at radius 3 is 2.43 bits per heavy atom. The Morgan fingerprint density at radius 2 is 1.75 bits per heavy atom. The van der Waals surface area contributed by atoms with E-state index in [1.165, 1.54) is 12.4 Å². The molecule has 4 aromatic rings. The lowest BCUT2D eigenvalue weighted by Crippen LogP contribution is -2.58.